The number of carbonyl (C=O) groups excluding carboxylic acids is 1. The molecular formula is C25H25ClN6O. The van der Waals surface area contributed by atoms with Gasteiger partial charge in [0.2, 0.25) is 5.95 Å². The fourth-order valence-corrected chi connectivity index (χ4v) is 3.76. The third-order valence-corrected chi connectivity index (χ3v) is 5.75. The van der Waals surface area contributed by atoms with Crippen LogP contribution < -0.4 is 10.6 Å². The number of nitrogens with zero attached hydrogens (tertiary/aromatic N) is 4. The van der Waals surface area contributed by atoms with Gasteiger partial charge < -0.3 is 10.6 Å². The molecule has 2 heterocycles. The van der Waals surface area contributed by atoms with Gasteiger partial charge in [0.1, 0.15) is 0 Å². The van der Waals surface area contributed by atoms with E-state index in [2.05, 4.69) is 31.8 Å². The topological polar surface area (TPSA) is 84.7 Å². The number of hydrogen-bond acceptors (Lipinski definition) is 5. The van der Waals surface area contributed by atoms with Gasteiger partial charge >= 0.3 is 0 Å². The van der Waals surface area contributed by atoms with Crippen molar-refractivity contribution in [2.24, 2.45) is 7.05 Å². The summed E-state index contributed by atoms with van der Waals surface area (Å²) in [7, 11) is 1.85. The van der Waals surface area contributed by atoms with Crippen molar-refractivity contribution < 1.29 is 4.79 Å². The van der Waals surface area contributed by atoms with Crippen LogP contribution in [0.4, 0.5) is 11.6 Å². The first-order valence-electron chi connectivity index (χ1n) is 10.7. The Bertz CT molecular complexity index is 1300. The highest BCUT2D eigenvalue weighted by Gasteiger charge is 2.10. The van der Waals surface area contributed by atoms with E-state index >= 15 is 0 Å². The van der Waals surface area contributed by atoms with Crippen molar-refractivity contribution in [1.29, 1.82) is 0 Å². The van der Waals surface area contributed by atoms with Crippen molar-refractivity contribution >= 4 is 29.1 Å². The Morgan fingerprint density at radius 1 is 1.12 bits per heavy atom. The average molecular weight is 461 g/mol. The van der Waals surface area contributed by atoms with Crippen LogP contribution in [-0.4, -0.2) is 25.7 Å². The number of anilines is 2. The molecule has 4 aromatic rings. The van der Waals surface area contributed by atoms with E-state index in [9.17, 15) is 4.79 Å². The second-order valence-corrected chi connectivity index (χ2v) is 8.18. The van der Waals surface area contributed by atoms with Gasteiger partial charge in [-0.2, -0.15) is 5.10 Å². The molecule has 0 aliphatic rings. The first-order chi connectivity index (χ1) is 15.9. The van der Waals surface area contributed by atoms with Crippen LogP contribution in [0, 0.1) is 6.92 Å². The Kier molecular flexibility index (Phi) is 6.70. The SMILES string of the molecule is CCc1cc(C(=O)NCc2ccc(-c3ccnc(Nc4cnn(C)c4)n3)cc2C)ccc1Cl. The van der Waals surface area contributed by atoms with Crippen LogP contribution >= 0.6 is 11.6 Å². The molecule has 0 fully saturated rings. The molecule has 4 rings (SSSR count). The van der Waals surface area contributed by atoms with Gasteiger partial charge in [-0.05, 0) is 60.4 Å². The second kappa shape index (κ2) is 9.83. The van der Waals surface area contributed by atoms with Crippen molar-refractivity contribution in [2.45, 2.75) is 26.8 Å². The molecule has 0 atom stereocenters. The lowest BCUT2D eigenvalue weighted by atomic mass is 10.0. The Balaban J connectivity index is 1.45. The molecule has 0 radical (unpaired) electrons. The standard InChI is InChI=1S/C25H25ClN6O/c1-4-17-12-19(7-8-22(17)26)24(33)28-13-20-6-5-18(11-16(20)2)23-9-10-27-25(31-23)30-21-14-29-32(3)15-21/h5-12,14-15H,4,13H2,1-3H3,(H,28,33)(H,27,30,31). The zero-order chi connectivity index (χ0) is 23.4. The van der Waals surface area contributed by atoms with Gasteiger partial charge in [-0.3, -0.25) is 9.48 Å². The summed E-state index contributed by atoms with van der Waals surface area (Å²) >= 11 is 6.16. The molecule has 2 N–H and O–H groups in total. The van der Waals surface area contributed by atoms with Gasteiger partial charge in [0, 0.05) is 42.1 Å². The molecule has 8 heteroatoms. The molecule has 2 aromatic heterocycles. The van der Waals surface area contributed by atoms with Crippen molar-refractivity contribution in [3.8, 4) is 11.3 Å². The molecule has 168 valence electrons. The summed E-state index contributed by atoms with van der Waals surface area (Å²) in [5.41, 5.74) is 6.29. The van der Waals surface area contributed by atoms with Gasteiger partial charge in [0.15, 0.2) is 0 Å². The van der Waals surface area contributed by atoms with Crippen LogP contribution in [-0.2, 0) is 20.0 Å². The van der Waals surface area contributed by atoms with Crippen LogP contribution in [0.5, 0.6) is 0 Å². The fraction of sp³-hybridized carbons (Fsp3) is 0.200. The average Bonchev–Trinajstić information content (AvgIpc) is 3.22. The largest absolute Gasteiger partial charge is 0.348 e. The summed E-state index contributed by atoms with van der Waals surface area (Å²) in [5, 5.41) is 11.0. The normalized spacial score (nSPS) is 10.8. The molecule has 0 aliphatic heterocycles. The van der Waals surface area contributed by atoms with Crippen LogP contribution in [0.3, 0.4) is 0 Å². The molecule has 0 saturated heterocycles. The fourth-order valence-electron chi connectivity index (χ4n) is 3.51. The Hall–Kier alpha value is -3.71. The van der Waals surface area contributed by atoms with Crippen molar-refractivity contribution in [2.75, 3.05) is 5.32 Å². The predicted octanol–water partition coefficient (Wildman–Crippen LogP) is 5.07. The molecule has 0 unspecified atom stereocenters. The van der Waals surface area contributed by atoms with E-state index < -0.39 is 0 Å². The van der Waals surface area contributed by atoms with E-state index in [0.29, 0.717) is 23.1 Å². The van der Waals surface area contributed by atoms with Crippen LogP contribution in [0.25, 0.3) is 11.3 Å². The number of carbonyl (C=O) groups is 1. The summed E-state index contributed by atoms with van der Waals surface area (Å²) in [4.78, 5) is 21.5. The zero-order valence-corrected chi connectivity index (χ0v) is 19.5. The van der Waals surface area contributed by atoms with E-state index in [1.807, 2.05) is 51.4 Å². The lowest BCUT2D eigenvalue weighted by Gasteiger charge is -2.11. The number of nitrogens with one attached hydrogen (secondary N) is 2. The van der Waals surface area contributed by atoms with Crippen molar-refractivity contribution in [1.82, 2.24) is 25.1 Å². The molecule has 33 heavy (non-hydrogen) atoms. The number of amides is 1. The third-order valence-electron chi connectivity index (χ3n) is 5.38. The number of rotatable bonds is 7. The maximum absolute atomic E-state index is 12.6. The first-order valence-corrected chi connectivity index (χ1v) is 11.1. The van der Waals surface area contributed by atoms with E-state index in [4.69, 9.17) is 11.6 Å². The van der Waals surface area contributed by atoms with Gasteiger partial charge in [-0.25, -0.2) is 9.97 Å². The van der Waals surface area contributed by atoms with Crippen LogP contribution in [0.2, 0.25) is 5.02 Å². The first kappa shape index (κ1) is 22.5. The second-order valence-electron chi connectivity index (χ2n) is 7.78. The van der Waals surface area contributed by atoms with Gasteiger partial charge in [0.25, 0.3) is 5.91 Å². The highest BCUT2D eigenvalue weighted by atomic mass is 35.5. The number of benzene rings is 2. The summed E-state index contributed by atoms with van der Waals surface area (Å²) in [6.45, 7) is 4.48. The van der Waals surface area contributed by atoms with Crippen molar-refractivity contribution in [3.63, 3.8) is 0 Å². The lowest BCUT2D eigenvalue weighted by molar-refractivity contribution is 0.0951. The molecule has 0 bridgehead atoms. The van der Waals surface area contributed by atoms with Gasteiger partial charge in [-0.15, -0.1) is 0 Å². The van der Waals surface area contributed by atoms with E-state index in [1.54, 1.807) is 29.2 Å². The molecule has 0 aliphatic carbocycles. The van der Waals surface area contributed by atoms with Crippen LogP contribution in [0.15, 0.2) is 61.1 Å². The minimum atomic E-state index is -0.119. The number of hydrogen-bond donors (Lipinski definition) is 2. The Labute approximate surface area is 197 Å². The van der Waals surface area contributed by atoms with Crippen molar-refractivity contribution in [3.05, 3.63) is 88.3 Å². The lowest BCUT2D eigenvalue weighted by Crippen LogP contribution is -2.23. The molecule has 0 saturated carbocycles. The number of halogens is 1. The quantitative estimate of drug-likeness (QED) is 0.402. The molecule has 0 spiro atoms. The maximum Gasteiger partial charge on any atom is 0.251 e. The summed E-state index contributed by atoms with van der Waals surface area (Å²) in [5.74, 6) is 0.385. The monoisotopic (exact) mass is 460 g/mol. The highest BCUT2D eigenvalue weighted by Crippen LogP contribution is 2.23. The van der Waals surface area contributed by atoms with Crippen LogP contribution in [0.1, 0.15) is 34.0 Å². The smallest absolute Gasteiger partial charge is 0.251 e. The molecule has 1 amide bonds. The Morgan fingerprint density at radius 2 is 1.97 bits per heavy atom. The molecular weight excluding hydrogens is 436 g/mol. The molecule has 7 nitrogen and oxygen atoms in total. The van der Waals surface area contributed by atoms with E-state index in [1.165, 1.54) is 0 Å². The molecule has 2 aromatic carbocycles. The highest BCUT2D eigenvalue weighted by molar-refractivity contribution is 6.31. The minimum Gasteiger partial charge on any atom is -0.348 e. The number of aryl methyl sites for hydroxylation is 3. The Morgan fingerprint density at radius 3 is 2.70 bits per heavy atom. The zero-order valence-electron chi connectivity index (χ0n) is 18.8. The maximum atomic E-state index is 12.6. The number of aromatic nitrogens is 4. The minimum absolute atomic E-state index is 0.119. The predicted molar refractivity (Wildman–Crippen MR) is 131 cm³/mol. The van der Waals surface area contributed by atoms with Gasteiger partial charge in [-0.1, -0.05) is 30.7 Å². The van der Waals surface area contributed by atoms with E-state index in [0.717, 1.165) is 40.1 Å². The third kappa shape index (κ3) is 5.38. The van der Waals surface area contributed by atoms with E-state index in [-0.39, 0.29) is 5.91 Å². The van der Waals surface area contributed by atoms with Gasteiger partial charge in [0.05, 0.1) is 17.6 Å². The summed E-state index contributed by atoms with van der Waals surface area (Å²) in [6, 6.07) is 13.3. The summed E-state index contributed by atoms with van der Waals surface area (Å²) in [6.07, 6.45) is 6.08. The summed E-state index contributed by atoms with van der Waals surface area (Å²) < 4.78 is 1.71.